The third kappa shape index (κ3) is 4.46. The summed E-state index contributed by atoms with van der Waals surface area (Å²) in [6, 6.07) is 1.55. The summed E-state index contributed by atoms with van der Waals surface area (Å²) in [5, 5.41) is 12.9. The Kier molecular flexibility index (Phi) is 6.11. The monoisotopic (exact) mass is 399 g/mol. The van der Waals surface area contributed by atoms with Crippen molar-refractivity contribution in [1.82, 2.24) is 4.90 Å². The van der Waals surface area contributed by atoms with Gasteiger partial charge in [-0.05, 0) is 57.6 Å². The highest BCUT2D eigenvalue weighted by atomic mass is 32.1. The lowest BCUT2D eigenvalue weighted by atomic mass is 9.96. The Bertz CT molecular complexity index is 738. The second-order valence-electron chi connectivity index (χ2n) is 7.42. The van der Waals surface area contributed by atoms with Crippen LogP contribution in [0.5, 0.6) is 0 Å². The first-order chi connectivity index (χ1) is 12.8. The molecule has 0 unspecified atom stereocenters. The molecule has 4 nitrogen and oxygen atoms in total. The van der Waals surface area contributed by atoms with Crippen molar-refractivity contribution in [1.29, 1.82) is 5.26 Å². The number of thiophene rings is 1. The molecule has 0 saturated carbocycles. The first kappa shape index (κ1) is 20.2. The zero-order valence-corrected chi connectivity index (χ0v) is 16.2. The number of piperidine rings is 1. The van der Waals surface area contributed by atoms with Gasteiger partial charge in [-0.1, -0.05) is 6.42 Å². The lowest BCUT2D eigenvalue weighted by Crippen LogP contribution is -2.49. The number of likely N-dealkylation sites (tertiary alicyclic amines) is 1. The number of alkyl halides is 3. The van der Waals surface area contributed by atoms with Gasteiger partial charge >= 0.3 is 6.18 Å². The summed E-state index contributed by atoms with van der Waals surface area (Å²) in [4.78, 5) is 15.4. The summed E-state index contributed by atoms with van der Waals surface area (Å²) < 4.78 is 39.1. The van der Waals surface area contributed by atoms with Crippen LogP contribution in [0, 0.1) is 17.2 Å². The molecule has 1 aliphatic carbocycles. The van der Waals surface area contributed by atoms with Crippen molar-refractivity contribution >= 4 is 22.2 Å². The second-order valence-corrected chi connectivity index (χ2v) is 8.53. The molecule has 0 aromatic carbocycles. The van der Waals surface area contributed by atoms with Gasteiger partial charge in [-0.25, -0.2) is 0 Å². The molecule has 1 amide bonds. The molecule has 1 aliphatic heterocycles. The van der Waals surface area contributed by atoms with E-state index in [9.17, 15) is 23.2 Å². The average molecular weight is 399 g/mol. The number of nitrogens with one attached hydrogen (secondary N) is 1. The molecule has 2 heterocycles. The van der Waals surface area contributed by atoms with Crippen molar-refractivity contribution in [2.24, 2.45) is 5.92 Å². The maximum absolute atomic E-state index is 13.0. The molecular formula is C19H24F3N3OS. The first-order valence-corrected chi connectivity index (χ1v) is 10.3. The number of carbonyl (C=O) groups is 1. The Morgan fingerprint density at radius 2 is 2.04 bits per heavy atom. The van der Waals surface area contributed by atoms with Gasteiger partial charge in [0.25, 0.3) is 0 Å². The standard InChI is InChI=1S/C19H24F3N3OS/c1-12(25-9-5-6-13(11-25)19(20,21)22)17(26)24-18-15(10-23)14-7-3-2-4-8-16(14)27-18/h12-13H,2-9,11H2,1H3,(H,24,26)/t12-,13+/m0/s1. The van der Waals surface area contributed by atoms with Gasteiger partial charge in [0, 0.05) is 11.4 Å². The SMILES string of the molecule is C[C@@H](C(=O)Nc1sc2c(c1C#N)CCCCC2)N1CCC[C@@H](C(F)(F)F)C1. The highest BCUT2D eigenvalue weighted by Gasteiger charge is 2.43. The van der Waals surface area contributed by atoms with Crippen LogP contribution in [-0.4, -0.2) is 36.1 Å². The number of aryl methyl sites for hydroxylation is 1. The van der Waals surface area contributed by atoms with Crippen LogP contribution in [-0.2, 0) is 17.6 Å². The predicted molar refractivity (Wildman–Crippen MR) is 98.7 cm³/mol. The first-order valence-electron chi connectivity index (χ1n) is 9.47. The number of nitrogens with zero attached hydrogens (tertiary/aromatic N) is 2. The van der Waals surface area contributed by atoms with E-state index in [-0.39, 0.29) is 18.9 Å². The van der Waals surface area contributed by atoms with Crippen molar-refractivity contribution in [2.45, 2.75) is 64.1 Å². The normalized spacial score (nSPS) is 22.4. The molecule has 1 aromatic heterocycles. The summed E-state index contributed by atoms with van der Waals surface area (Å²) in [7, 11) is 0. The minimum atomic E-state index is -4.23. The fourth-order valence-electron chi connectivity index (χ4n) is 3.96. The van der Waals surface area contributed by atoms with E-state index in [1.54, 1.807) is 11.8 Å². The molecule has 27 heavy (non-hydrogen) atoms. The molecule has 1 aromatic rings. The number of hydrogen-bond acceptors (Lipinski definition) is 4. The number of rotatable bonds is 3. The van der Waals surface area contributed by atoms with E-state index in [0.717, 1.165) is 42.5 Å². The Morgan fingerprint density at radius 1 is 1.30 bits per heavy atom. The zero-order valence-electron chi connectivity index (χ0n) is 15.4. The number of anilines is 1. The average Bonchev–Trinajstić information content (AvgIpc) is 2.79. The molecule has 1 fully saturated rings. The maximum atomic E-state index is 13.0. The van der Waals surface area contributed by atoms with Crippen LogP contribution in [0.25, 0.3) is 0 Å². The molecule has 1 N–H and O–H groups in total. The predicted octanol–water partition coefficient (Wildman–Crippen LogP) is 4.49. The number of carbonyl (C=O) groups excluding carboxylic acids is 1. The number of amides is 1. The van der Waals surface area contributed by atoms with E-state index in [1.807, 2.05) is 0 Å². The number of nitriles is 1. The third-order valence-electron chi connectivity index (χ3n) is 5.61. The van der Waals surface area contributed by atoms with Gasteiger partial charge in [0.1, 0.15) is 11.1 Å². The van der Waals surface area contributed by atoms with Crippen molar-refractivity contribution < 1.29 is 18.0 Å². The Hall–Kier alpha value is -1.59. The molecule has 0 spiro atoms. The molecule has 2 aliphatic rings. The van der Waals surface area contributed by atoms with Crippen molar-refractivity contribution in [3.63, 3.8) is 0 Å². The van der Waals surface area contributed by atoms with Gasteiger partial charge in [0.2, 0.25) is 5.91 Å². The van der Waals surface area contributed by atoms with Crippen LogP contribution in [0.4, 0.5) is 18.2 Å². The Labute approximate surface area is 161 Å². The molecule has 8 heteroatoms. The van der Waals surface area contributed by atoms with E-state index in [4.69, 9.17) is 0 Å². The summed E-state index contributed by atoms with van der Waals surface area (Å²) in [5.41, 5.74) is 1.57. The molecule has 1 saturated heterocycles. The maximum Gasteiger partial charge on any atom is 0.393 e. The van der Waals surface area contributed by atoms with Gasteiger partial charge in [0.05, 0.1) is 17.5 Å². The topological polar surface area (TPSA) is 56.1 Å². The van der Waals surface area contributed by atoms with E-state index in [0.29, 0.717) is 23.5 Å². The molecule has 0 bridgehead atoms. The summed E-state index contributed by atoms with van der Waals surface area (Å²) >= 11 is 1.44. The van der Waals surface area contributed by atoms with Gasteiger partial charge in [-0.15, -0.1) is 11.3 Å². The lowest BCUT2D eigenvalue weighted by Gasteiger charge is -2.36. The fourth-order valence-corrected chi connectivity index (χ4v) is 5.20. The van der Waals surface area contributed by atoms with Crippen LogP contribution >= 0.6 is 11.3 Å². The van der Waals surface area contributed by atoms with Gasteiger partial charge in [-0.2, -0.15) is 18.4 Å². The summed E-state index contributed by atoms with van der Waals surface area (Å²) in [5.74, 6) is -1.72. The lowest BCUT2D eigenvalue weighted by molar-refractivity contribution is -0.188. The fraction of sp³-hybridized carbons (Fsp3) is 0.684. The number of halogens is 3. The quantitative estimate of drug-likeness (QED) is 0.762. The van der Waals surface area contributed by atoms with Crippen LogP contribution in [0.1, 0.15) is 55.0 Å². The second kappa shape index (κ2) is 8.19. The van der Waals surface area contributed by atoms with Crippen LogP contribution in [0.15, 0.2) is 0 Å². The molecular weight excluding hydrogens is 375 g/mol. The minimum Gasteiger partial charge on any atom is -0.315 e. The Morgan fingerprint density at radius 3 is 2.74 bits per heavy atom. The molecule has 0 radical (unpaired) electrons. The van der Waals surface area contributed by atoms with Crippen LogP contribution < -0.4 is 5.32 Å². The third-order valence-corrected chi connectivity index (χ3v) is 6.82. The van der Waals surface area contributed by atoms with Crippen molar-refractivity contribution in [2.75, 3.05) is 18.4 Å². The van der Waals surface area contributed by atoms with Gasteiger partial charge in [-0.3, -0.25) is 9.69 Å². The van der Waals surface area contributed by atoms with E-state index < -0.39 is 18.1 Å². The molecule has 2 atom stereocenters. The minimum absolute atomic E-state index is 0.116. The smallest absolute Gasteiger partial charge is 0.315 e. The van der Waals surface area contributed by atoms with Crippen LogP contribution in [0.2, 0.25) is 0 Å². The highest BCUT2D eigenvalue weighted by Crippen LogP contribution is 2.37. The van der Waals surface area contributed by atoms with E-state index in [2.05, 4.69) is 11.4 Å². The Balaban J connectivity index is 1.71. The van der Waals surface area contributed by atoms with E-state index in [1.165, 1.54) is 11.3 Å². The number of fused-ring (bicyclic) bond motifs is 1. The summed E-state index contributed by atoms with van der Waals surface area (Å²) in [6.07, 6.45) is 1.33. The summed E-state index contributed by atoms with van der Waals surface area (Å²) in [6.45, 7) is 1.97. The number of hydrogen-bond donors (Lipinski definition) is 1. The van der Waals surface area contributed by atoms with Gasteiger partial charge in [0.15, 0.2) is 0 Å². The molecule has 148 valence electrons. The van der Waals surface area contributed by atoms with E-state index >= 15 is 0 Å². The highest BCUT2D eigenvalue weighted by molar-refractivity contribution is 7.16. The van der Waals surface area contributed by atoms with Crippen molar-refractivity contribution in [3.8, 4) is 6.07 Å². The van der Waals surface area contributed by atoms with Gasteiger partial charge < -0.3 is 5.32 Å². The zero-order chi connectivity index (χ0) is 19.6. The molecule has 3 rings (SSSR count). The van der Waals surface area contributed by atoms with Crippen molar-refractivity contribution in [3.05, 3.63) is 16.0 Å². The largest absolute Gasteiger partial charge is 0.393 e. The van der Waals surface area contributed by atoms with Crippen LogP contribution in [0.3, 0.4) is 0 Å².